The van der Waals surface area contributed by atoms with Gasteiger partial charge in [-0.25, -0.2) is 27.6 Å². The topological polar surface area (TPSA) is 68.0 Å². The van der Waals surface area contributed by atoms with Crippen molar-refractivity contribution < 1.29 is 23.1 Å². The summed E-state index contributed by atoms with van der Waals surface area (Å²) in [5, 5.41) is 12.6. The summed E-state index contributed by atoms with van der Waals surface area (Å²) in [4.78, 5) is 14.8. The summed E-state index contributed by atoms with van der Waals surface area (Å²) in [6.07, 6.45) is 0. The number of aromatic nitrogens is 3. The van der Waals surface area contributed by atoms with Crippen molar-refractivity contribution in [2.75, 3.05) is 0 Å². The Balaban J connectivity index is 2.74. The lowest BCUT2D eigenvalue weighted by molar-refractivity contribution is 0.0683. The lowest BCUT2D eigenvalue weighted by Gasteiger charge is -2.18. The first-order valence-electron chi connectivity index (χ1n) is 5.97. The predicted molar refractivity (Wildman–Crippen MR) is 66.9 cm³/mol. The minimum Gasteiger partial charge on any atom is -0.475 e. The smallest absolute Gasteiger partial charge is 0.375 e. The Morgan fingerprint density at radius 2 is 1.81 bits per heavy atom. The van der Waals surface area contributed by atoms with Gasteiger partial charge in [-0.2, -0.15) is 0 Å². The summed E-state index contributed by atoms with van der Waals surface area (Å²) in [5.41, 5.74) is -1.09. The summed E-state index contributed by atoms with van der Waals surface area (Å²) in [5.74, 6) is -6.29. The highest BCUT2D eigenvalue weighted by Crippen LogP contribution is 2.26. The zero-order valence-corrected chi connectivity index (χ0v) is 11.5. The average Bonchev–Trinajstić information content (AvgIpc) is 2.81. The zero-order valence-electron chi connectivity index (χ0n) is 11.5. The number of benzene rings is 1. The molecule has 0 saturated heterocycles. The molecular formula is C13H12F3N3O2. The monoisotopic (exact) mass is 299 g/mol. The molecule has 21 heavy (non-hydrogen) atoms. The molecule has 0 aliphatic carbocycles. The van der Waals surface area contributed by atoms with E-state index in [9.17, 15) is 18.0 Å². The Bertz CT molecular complexity index is 720. The first-order valence-corrected chi connectivity index (χ1v) is 5.97. The summed E-state index contributed by atoms with van der Waals surface area (Å²) in [6.45, 7) is 5.12. The lowest BCUT2D eigenvalue weighted by Crippen LogP contribution is -2.19. The van der Waals surface area contributed by atoms with Crippen molar-refractivity contribution in [3.63, 3.8) is 0 Å². The van der Waals surface area contributed by atoms with Crippen LogP contribution >= 0.6 is 0 Å². The number of aromatic carboxylic acids is 1. The number of carbonyl (C=O) groups is 1. The van der Waals surface area contributed by atoms with Crippen LogP contribution in [0.2, 0.25) is 0 Å². The molecule has 0 amide bonds. The summed E-state index contributed by atoms with van der Waals surface area (Å²) in [7, 11) is 0. The zero-order chi connectivity index (χ0) is 15.9. The Labute approximate surface area is 118 Å². The molecule has 0 atom stereocenters. The molecule has 0 aliphatic rings. The van der Waals surface area contributed by atoms with Crippen LogP contribution in [0.3, 0.4) is 0 Å². The molecule has 0 bridgehead atoms. The second kappa shape index (κ2) is 4.87. The Morgan fingerprint density at radius 3 is 2.33 bits per heavy atom. The fourth-order valence-corrected chi connectivity index (χ4v) is 1.74. The van der Waals surface area contributed by atoms with Crippen molar-refractivity contribution in [3.05, 3.63) is 41.2 Å². The van der Waals surface area contributed by atoms with Gasteiger partial charge in [-0.05, 0) is 12.1 Å². The van der Waals surface area contributed by atoms with Crippen molar-refractivity contribution in [3.8, 4) is 5.69 Å². The molecule has 0 spiro atoms. The van der Waals surface area contributed by atoms with Crippen LogP contribution in [0.4, 0.5) is 13.2 Å². The van der Waals surface area contributed by atoms with E-state index in [1.807, 2.05) is 0 Å². The third kappa shape index (κ3) is 2.61. The number of carboxylic acid groups (broad SMARTS) is 1. The maximum atomic E-state index is 13.9. The van der Waals surface area contributed by atoms with Gasteiger partial charge >= 0.3 is 5.97 Å². The fraction of sp³-hybridized carbons (Fsp3) is 0.308. The van der Waals surface area contributed by atoms with E-state index < -0.39 is 40.3 Å². The molecule has 0 radical (unpaired) electrons. The number of hydrogen-bond donors (Lipinski definition) is 1. The molecule has 112 valence electrons. The summed E-state index contributed by atoms with van der Waals surface area (Å²) >= 11 is 0. The molecule has 1 heterocycles. The number of hydrogen-bond acceptors (Lipinski definition) is 3. The van der Waals surface area contributed by atoms with E-state index in [0.717, 1.165) is 16.8 Å². The second-order valence-electron chi connectivity index (χ2n) is 5.42. The van der Waals surface area contributed by atoms with E-state index in [0.29, 0.717) is 0 Å². The van der Waals surface area contributed by atoms with Crippen molar-refractivity contribution in [2.24, 2.45) is 0 Å². The third-order valence-corrected chi connectivity index (χ3v) is 2.71. The molecule has 2 aromatic rings. The molecule has 1 N–H and O–H groups in total. The normalized spacial score (nSPS) is 11.7. The molecule has 0 aliphatic heterocycles. The van der Waals surface area contributed by atoms with Crippen molar-refractivity contribution in [1.82, 2.24) is 14.8 Å². The fourth-order valence-electron chi connectivity index (χ4n) is 1.74. The summed E-state index contributed by atoms with van der Waals surface area (Å²) in [6, 6.07) is 1.71. The average molecular weight is 299 g/mol. The largest absolute Gasteiger partial charge is 0.475 e. The van der Waals surface area contributed by atoms with Crippen LogP contribution in [-0.2, 0) is 5.41 Å². The molecule has 0 unspecified atom stereocenters. The van der Waals surface area contributed by atoms with E-state index in [1.165, 1.54) is 0 Å². The molecule has 8 heteroatoms. The number of rotatable bonds is 2. The van der Waals surface area contributed by atoms with Gasteiger partial charge in [0.15, 0.2) is 17.5 Å². The predicted octanol–water partition coefficient (Wildman–Crippen LogP) is 2.68. The van der Waals surface area contributed by atoms with E-state index in [-0.39, 0.29) is 5.82 Å². The quantitative estimate of drug-likeness (QED) is 0.866. The second-order valence-corrected chi connectivity index (χ2v) is 5.42. The third-order valence-electron chi connectivity index (χ3n) is 2.71. The van der Waals surface area contributed by atoms with E-state index in [1.54, 1.807) is 20.8 Å². The number of carboxylic acids is 1. The van der Waals surface area contributed by atoms with Crippen molar-refractivity contribution >= 4 is 5.97 Å². The molecule has 5 nitrogen and oxygen atoms in total. The van der Waals surface area contributed by atoms with Gasteiger partial charge in [0.25, 0.3) is 5.82 Å². The molecule has 1 aromatic heterocycles. The van der Waals surface area contributed by atoms with E-state index >= 15 is 0 Å². The van der Waals surface area contributed by atoms with Crippen LogP contribution < -0.4 is 0 Å². The van der Waals surface area contributed by atoms with Crippen LogP contribution in [0.15, 0.2) is 12.1 Å². The SMILES string of the molecule is CC(C)(C)c1nc(C(=O)O)nn1-c1ccc(F)c(F)c1F. The van der Waals surface area contributed by atoms with Gasteiger partial charge in [0.1, 0.15) is 11.5 Å². The van der Waals surface area contributed by atoms with Gasteiger partial charge < -0.3 is 5.11 Å². The van der Waals surface area contributed by atoms with Gasteiger partial charge in [0.2, 0.25) is 0 Å². The molecule has 0 saturated carbocycles. The standard InChI is InChI=1S/C13H12F3N3O2/c1-13(2,3)12-17-10(11(20)21)18-19(12)7-5-4-6(14)8(15)9(7)16/h4-5H,1-3H3,(H,20,21). The van der Waals surface area contributed by atoms with Crippen LogP contribution in [0, 0.1) is 17.5 Å². The van der Waals surface area contributed by atoms with Crippen LogP contribution in [0.5, 0.6) is 0 Å². The molecular weight excluding hydrogens is 287 g/mol. The van der Waals surface area contributed by atoms with E-state index in [4.69, 9.17) is 5.11 Å². The maximum absolute atomic E-state index is 13.9. The molecule has 2 rings (SSSR count). The van der Waals surface area contributed by atoms with Gasteiger partial charge in [-0.15, -0.1) is 5.10 Å². The minimum atomic E-state index is -1.65. The van der Waals surface area contributed by atoms with Gasteiger partial charge in [-0.1, -0.05) is 20.8 Å². The van der Waals surface area contributed by atoms with E-state index in [2.05, 4.69) is 10.1 Å². The summed E-state index contributed by atoms with van der Waals surface area (Å²) < 4.78 is 41.1. The lowest BCUT2D eigenvalue weighted by atomic mass is 9.95. The van der Waals surface area contributed by atoms with Gasteiger partial charge in [-0.3, -0.25) is 0 Å². The van der Waals surface area contributed by atoms with Crippen LogP contribution in [0.25, 0.3) is 5.69 Å². The highest BCUT2D eigenvalue weighted by Gasteiger charge is 2.28. The minimum absolute atomic E-state index is 0.116. The van der Waals surface area contributed by atoms with Crippen molar-refractivity contribution in [2.45, 2.75) is 26.2 Å². The number of nitrogens with zero attached hydrogens (tertiary/aromatic N) is 3. The maximum Gasteiger partial charge on any atom is 0.375 e. The Kier molecular flexibility index (Phi) is 3.48. The van der Waals surface area contributed by atoms with Gasteiger partial charge in [0, 0.05) is 5.41 Å². The Morgan fingerprint density at radius 1 is 1.19 bits per heavy atom. The highest BCUT2D eigenvalue weighted by atomic mass is 19.2. The molecule has 0 fully saturated rings. The first kappa shape index (κ1) is 15.0. The van der Waals surface area contributed by atoms with Crippen LogP contribution in [-0.4, -0.2) is 25.8 Å². The van der Waals surface area contributed by atoms with Crippen LogP contribution in [0.1, 0.15) is 37.2 Å². The first-order chi connectivity index (χ1) is 9.62. The number of halogens is 3. The van der Waals surface area contributed by atoms with Crippen molar-refractivity contribution in [1.29, 1.82) is 0 Å². The highest BCUT2D eigenvalue weighted by molar-refractivity contribution is 5.83. The Hall–Kier alpha value is -2.38. The van der Waals surface area contributed by atoms with Gasteiger partial charge in [0.05, 0.1) is 0 Å². The molecule has 1 aromatic carbocycles.